The van der Waals surface area contributed by atoms with Crippen LogP contribution in [-0.4, -0.2) is 74.9 Å². The Balaban J connectivity index is 0.000000157. The average molecular weight is 679 g/mol. The molecule has 0 aliphatic carbocycles. The molecule has 4 aromatic heterocycles. The van der Waals surface area contributed by atoms with Gasteiger partial charge in [-0.05, 0) is 48.2 Å². The summed E-state index contributed by atoms with van der Waals surface area (Å²) in [6.45, 7) is -0.304. The van der Waals surface area contributed by atoms with Gasteiger partial charge in [0.1, 0.15) is 23.3 Å². The molecular weight excluding hydrogens is 646 g/mol. The maximum Gasteiger partial charge on any atom is 0.351 e. The van der Waals surface area contributed by atoms with Gasteiger partial charge in [0.2, 0.25) is 0 Å². The lowest BCUT2D eigenvalue weighted by molar-refractivity contribution is -0.00681. The van der Waals surface area contributed by atoms with Crippen LogP contribution in [-0.2, 0) is 22.3 Å². The van der Waals surface area contributed by atoms with E-state index in [4.69, 9.17) is 31.2 Å². The second-order valence-electron chi connectivity index (χ2n) is 9.61. The Hall–Kier alpha value is -3.94. The third-order valence-corrected chi connectivity index (χ3v) is 8.67. The van der Waals surface area contributed by atoms with Crippen LogP contribution in [0, 0.1) is 11.6 Å². The van der Waals surface area contributed by atoms with Crippen LogP contribution in [0.25, 0.3) is 0 Å². The van der Waals surface area contributed by atoms with E-state index in [0.29, 0.717) is 11.5 Å². The fourth-order valence-corrected chi connectivity index (χ4v) is 5.95. The highest BCUT2D eigenvalue weighted by atomic mass is 32.2. The number of aliphatic hydroxyl groups excluding tert-OH is 2. The molecule has 14 nitrogen and oxygen atoms in total. The van der Waals surface area contributed by atoms with Gasteiger partial charge in [-0.15, -0.1) is 23.5 Å². The zero-order chi connectivity index (χ0) is 33.1. The van der Waals surface area contributed by atoms with Crippen molar-refractivity contribution < 1.29 is 28.5 Å². The standard InChI is InChI=1S/C12H12N2.2C8H10FN3O3S/c1(11-3-7-13-8-4-11)2-12-5-9-14-10-6-12;2*9-4-1-12(8(14)11-7(4)10)5-3-16-6(2-13)15-5/h3-10H,1-2H2;2*1,5-6,13H,2-3H2,(H2,10,11,14)/t;2*5-,6+/m.00/s1. The van der Waals surface area contributed by atoms with Crippen molar-refractivity contribution in [1.29, 1.82) is 0 Å². The normalized spacial score (nSPS) is 20.3. The molecule has 6 heterocycles. The van der Waals surface area contributed by atoms with E-state index >= 15 is 0 Å². The highest BCUT2D eigenvalue weighted by molar-refractivity contribution is 8.00. The maximum atomic E-state index is 13.1. The highest BCUT2D eigenvalue weighted by Crippen LogP contribution is 2.31. The number of nitrogens with zero attached hydrogens (tertiary/aromatic N) is 6. The van der Waals surface area contributed by atoms with Gasteiger partial charge < -0.3 is 31.2 Å². The summed E-state index contributed by atoms with van der Waals surface area (Å²) in [6, 6.07) is 8.23. The molecule has 0 saturated carbocycles. The van der Waals surface area contributed by atoms with Crippen LogP contribution in [0.1, 0.15) is 23.6 Å². The Morgan fingerprint density at radius 1 is 0.739 bits per heavy atom. The number of thioether (sulfide) groups is 2. The monoisotopic (exact) mass is 678 g/mol. The molecule has 0 unspecified atom stereocenters. The van der Waals surface area contributed by atoms with Crippen LogP contribution in [0.15, 0.2) is 71.0 Å². The largest absolute Gasteiger partial charge is 0.393 e. The zero-order valence-corrected chi connectivity index (χ0v) is 25.9. The molecule has 0 aromatic carbocycles. The molecule has 6 rings (SSSR count). The zero-order valence-electron chi connectivity index (χ0n) is 24.3. The first-order valence-electron chi connectivity index (χ1n) is 13.8. The van der Waals surface area contributed by atoms with E-state index in [9.17, 15) is 18.4 Å². The molecule has 0 spiro atoms. The SMILES string of the molecule is Nc1nc(=O)n([C@@H]2CS[C@H](CO)O2)cc1F.Nc1nc(=O)n([C@@H]2CS[C@H](CO)O2)cc1F.c1cc(CCc2ccncc2)ccn1. The van der Waals surface area contributed by atoms with E-state index in [2.05, 4.69) is 44.2 Å². The van der Waals surface area contributed by atoms with Crippen molar-refractivity contribution in [3.8, 4) is 0 Å². The fraction of sp³-hybridized carbons (Fsp3) is 0.357. The number of anilines is 2. The van der Waals surface area contributed by atoms with Crippen molar-refractivity contribution in [2.24, 2.45) is 0 Å². The van der Waals surface area contributed by atoms with E-state index in [1.807, 2.05) is 24.8 Å². The lowest BCUT2D eigenvalue weighted by Crippen LogP contribution is -2.29. The van der Waals surface area contributed by atoms with Crippen LogP contribution >= 0.6 is 23.5 Å². The molecule has 0 bridgehead atoms. The van der Waals surface area contributed by atoms with Gasteiger partial charge in [0.15, 0.2) is 23.3 Å². The van der Waals surface area contributed by atoms with Gasteiger partial charge in [-0.25, -0.2) is 18.4 Å². The average Bonchev–Trinajstić information content (AvgIpc) is 3.75. The van der Waals surface area contributed by atoms with Crippen molar-refractivity contribution in [2.45, 2.75) is 36.2 Å². The number of nitrogens with two attached hydrogens (primary N) is 2. The van der Waals surface area contributed by atoms with Gasteiger partial charge in [-0.2, -0.15) is 9.97 Å². The number of aliphatic hydroxyl groups is 2. The van der Waals surface area contributed by atoms with Gasteiger partial charge in [0.25, 0.3) is 0 Å². The van der Waals surface area contributed by atoms with Crippen LogP contribution in [0.5, 0.6) is 0 Å². The third-order valence-electron chi connectivity index (χ3n) is 6.46. The summed E-state index contributed by atoms with van der Waals surface area (Å²) in [5, 5.41) is 17.7. The van der Waals surface area contributed by atoms with Gasteiger partial charge in [0, 0.05) is 36.3 Å². The molecular formula is C28H32F2N8O6S2. The van der Waals surface area contributed by atoms with E-state index < -0.39 is 58.0 Å². The predicted molar refractivity (Wildman–Crippen MR) is 169 cm³/mol. The molecule has 46 heavy (non-hydrogen) atoms. The third kappa shape index (κ3) is 9.78. The van der Waals surface area contributed by atoms with Crippen molar-refractivity contribution >= 4 is 35.2 Å². The number of aromatic nitrogens is 6. The molecule has 0 amide bonds. The molecule has 2 aliphatic heterocycles. The van der Waals surface area contributed by atoms with Gasteiger partial charge in [-0.1, -0.05) is 0 Å². The van der Waals surface area contributed by atoms with E-state index in [-0.39, 0.29) is 13.2 Å². The van der Waals surface area contributed by atoms with Gasteiger partial charge >= 0.3 is 11.4 Å². The summed E-state index contributed by atoms with van der Waals surface area (Å²) in [5.41, 5.74) is 10.9. The summed E-state index contributed by atoms with van der Waals surface area (Å²) < 4.78 is 38.9. The lowest BCUT2D eigenvalue weighted by atomic mass is 10.1. The topological polar surface area (TPSA) is 207 Å². The Bertz CT molecular complexity index is 1550. The number of aryl methyl sites for hydroxylation is 2. The summed E-state index contributed by atoms with van der Waals surface area (Å²) in [6.07, 6.45) is 10.2. The summed E-state index contributed by atoms with van der Waals surface area (Å²) in [4.78, 5) is 37.5. The highest BCUT2D eigenvalue weighted by Gasteiger charge is 2.29. The van der Waals surface area contributed by atoms with Crippen LogP contribution < -0.4 is 22.8 Å². The van der Waals surface area contributed by atoms with Gasteiger partial charge in [-0.3, -0.25) is 19.1 Å². The Morgan fingerprint density at radius 3 is 1.43 bits per heavy atom. The molecule has 18 heteroatoms. The number of hydrogen-bond acceptors (Lipinski definition) is 14. The maximum absolute atomic E-state index is 13.1. The van der Waals surface area contributed by atoms with E-state index in [1.54, 1.807) is 0 Å². The minimum atomic E-state index is -0.763. The first kappa shape index (κ1) is 34.9. The lowest BCUT2D eigenvalue weighted by Gasteiger charge is -2.13. The fourth-order valence-electron chi connectivity index (χ4n) is 4.09. The Kier molecular flexibility index (Phi) is 13.0. The number of rotatable bonds is 7. The van der Waals surface area contributed by atoms with Crippen molar-refractivity contribution in [2.75, 3.05) is 36.2 Å². The van der Waals surface area contributed by atoms with Gasteiger partial charge in [0.05, 0.1) is 25.6 Å². The minimum absolute atomic E-state index is 0.152. The number of ether oxygens (including phenoxy) is 2. The van der Waals surface area contributed by atoms with Crippen LogP contribution in [0.4, 0.5) is 20.4 Å². The van der Waals surface area contributed by atoms with Crippen LogP contribution in [0.2, 0.25) is 0 Å². The predicted octanol–water partition coefficient (Wildman–Crippen LogP) is 1.35. The molecule has 4 aromatic rings. The Labute approximate surface area is 269 Å². The summed E-state index contributed by atoms with van der Waals surface area (Å²) in [7, 11) is 0. The second kappa shape index (κ2) is 17.1. The second-order valence-corrected chi connectivity index (χ2v) is 12.0. The van der Waals surface area contributed by atoms with E-state index in [1.165, 1.54) is 34.7 Å². The Morgan fingerprint density at radius 2 is 1.11 bits per heavy atom. The number of nitrogen functional groups attached to an aromatic ring is 2. The molecule has 2 saturated heterocycles. The molecule has 4 atom stereocenters. The first-order valence-corrected chi connectivity index (χ1v) is 15.9. The minimum Gasteiger partial charge on any atom is -0.393 e. The van der Waals surface area contributed by atoms with Crippen molar-refractivity contribution in [1.82, 2.24) is 29.1 Å². The number of hydrogen-bond donors (Lipinski definition) is 4. The first-order chi connectivity index (χ1) is 22.2. The number of pyridine rings is 2. The van der Waals surface area contributed by atoms with Crippen molar-refractivity contribution in [3.05, 3.63) is 105 Å². The molecule has 246 valence electrons. The van der Waals surface area contributed by atoms with Crippen molar-refractivity contribution in [3.63, 3.8) is 0 Å². The van der Waals surface area contributed by atoms with Crippen LogP contribution in [0.3, 0.4) is 0 Å². The summed E-state index contributed by atoms with van der Waals surface area (Å²) in [5.74, 6) is -1.47. The number of halogens is 2. The molecule has 2 aliphatic rings. The molecule has 2 fully saturated rings. The smallest absolute Gasteiger partial charge is 0.351 e. The quantitative estimate of drug-likeness (QED) is 0.218. The molecule has 0 radical (unpaired) electrons. The van der Waals surface area contributed by atoms with E-state index in [0.717, 1.165) is 34.4 Å². The summed E-state index contributed by atoms with van der Waals surface area (Å²) >= 11 is 2.70. The molecule has 6 N–H and O–H groups in total.